The van der Waals surface area contributed by atoms with E-state index in [-0.39, 0.29) is 29.3 Å². The van der Waals surface area contributed by atoms with Crippen molar-refractivity contribution in [2.75, 3.05) is 17.8 Å². The van der Waals surface area contributed by atoms with Crippen molar-refractivity contribution in [3.05, 3.63) is 59.2 Å². The van der Waals surface area contributed by atoms with E-state index in [2.05, 4.69) is 4.72 Å². The molecule has 1 amide bonds. The predicted octanol–water partition coefficient (Wildman–Crippen LogP) is 2.70. The van der Waals surface area contributed by atoms with E-state index < -0.39 is 10.0 Å². The molecule has 1 heterocycles. The Kier molecular flexibility index (Phi) is 6.51. The number of nitrogens with zero attached hydrogens (tertiary/aromatic N) is 1. The minimum Gasteiger partial charge on any atom is -0.337 e. The number of hydrogen-bond acceptors (Lipinski definition) is 4. The summed E-state index contributed by atoms with van der Waals surface area (Å²) in [6.45, 7) is 5.02. The fourth-order valence-electron chi connectivity index (χ4n) is 2.93. The Balaban J connectivity index is 0.00000261. The third-order valence-corrected chi connectivity index (χ3v) is 6.06. The summed E-state index contributed by atoms with van der Waals surface area (Å²) in [6.07, 6.45) is 0.805. The van der Waals surface area contributed by atoms with Crippen molar-refractivity contribution in [3.63, 3.8) is 0 Å². The molecule has 1 fully saturated rings. The Hall–Kier alpha value is -2.09. The van der Waals surface area contributed by atoms with Crippen LogP contribution in [0.1, 0.15) is 27.9 Å². The number of aryl methyl sites for hydroxylation is 2. The molecular formula is C19H24ClN3O3S. The third kappa shape index (κ3) is 4.80. The quantitative estimate of drug-likeness (QED) is 0.811. The molecule has 3 rings (SSSR count). The van der Waals surface area contributed by atoms with Crippen LogP contribution in [0, 0.1) is 13.8 Å². The van der Waals surface area contributed by atoms with E-state index in [1.807, 2.05) is 13.8 Å². The molecule has 2 aromatic carbocycles. The minimum atomic E-state index is -3.67. The number of hydrogen-bond donors (Lipinski definition) is 2. The number of rotatable bonds is 4. The van der Waals surface area contributed by atoms with Gasteiger partial charge in [-0.15, -0.1) is 12.4 Å². The lowest BCUT2D eigenvalue weighted by Gasteiger charge is -2.16. The zero-order valence-corrected chi connectivity index (χ0v) is 16.9. The third-order valence-electron chi connectivity index (χ3n) is 4.68. The van der Waals surface area contributed by atoms with E-state index in [1.165, 1.54) is 0 Å². The van der Waals surface area contributed by atoms with Gasteiger partial charge in [0.05, 0.1) is 4.90 Å². The van der Waals surface area contributed by atoms with Crippen LogP contribution in [0.2, 0.25) is 0 Å². The summed E-state index contributed by atoms with van der Waals surface area (Å²) in [6, 6.07) is 11.5. The van der Waals surface area contributed by atoms with Crippen molar-refractivity contribution >= 4 is 34.0 Å². The van der Waals surface area contributed by atoms with Gasteiger partial charge in [-0.2, -0.15) is 0 Å². The summed E-state index contributed by atoms with van der Waals surface area (Å²) in [5.41, 5.74) is 8.73. The molecule has 0 unspecified atom stereocenters. The van der Waals surface area contributed by atoms with Crippen LogP contribution in [0.15, 0.2) is 47.4 Å². The molecule has 6 nitrogen and oxygen atoms in total. The molecule has 8 heteroatoms. The van der Waals surface area contributed by atoms with Crippen LogP contribution in [0.5, 0.6) is 0 Å². The van der Waals surface area contributed by atoms with E-state index >= 15 is 0 Å². The van der Waals surface area contributed by atoms with E-state index in [0.717, 1.165) is 17.5 Å². The first-order chi connectivity index (χ1) is 12.3. The zero-order chi connectivity index (χ0) is 18.9. The number of anilines is 1. The molecule has 1 aliphatic rings. The normalized spacial score (nSPS) is 16.7. The highest BCUT2D eigenvalue weighted by Crippen LogP contribution is 2.20. The number of amides is 1. The Labute approximate surface area is 166 Å². The molecular weight excluding hydrogens is 386 g/mol. The number of halogens is 1. The zero-order valence-electron chi connectivity index (χ0n) is 15.3. The van der Waals surface area contributed by atoms with Gasteiger partial charge in [-0.25, -0.2) is 8.42 Å². The van der Waals surface area contributed by atoms with Crippen LogP contribution in [-0.4, -0.2) is 38.4 Å². The second kappa shape index (κ2) is 8.29. The second-order valence-electron chi connectivity index (χ2n) is 6.73. The molecule has 0 aliphatic carbocycles. The van der Waals surface area contributed by atoms with Crippen molar-refractivity contribution in [1.82, 2.24) is 4.90 Å². The molecule has 3 N–H and O–H groups in total. The SMILES string of the molecule is Cc1ccc(S(=O)(=O)Nc2ccc(C(=O)N3CC[C@@H](N)C3)cc2)cc1C.Cl. The van der Waals surface area contributed by atoms with Gasteiger partial charge in [0.25, 0.3) is 15.9 Å². The van der Waals surface area contributed by atoms with Crippen LogP contribution >= 0.6 is 12.4 Å². The Morgan fingerprint density at radius 3 is 2.33 bits per heavy atom. The van der Waals surface area contributed by atoms with Crippen molar-refractivity contribution < 1.29 is 13.2 Å². The number of likely N-dealkylation sites (tertiary alicyclic amines) is 1. The molecule has 1 atom stereocenters. The second-order valence-corrected chi connectivity index (χ2v) is 8.41. The molecule has 0 spiro atoms. The first-order valence-electron chi connectivity index (χ1n) is 8.51. The van der Waals surface area contributed by atoms with Gasteiger partial charge in [-0.3, -0.25) is 9.52 Å². The highest BCUT2D eigenvalue weighted by molar-refractivity contribution is 7.92. The Bertz CT molecular complexity index is 930. The van der Waals surface area contributed by atoms with Gasteiger partial charge in [-0.1, -0.05) is 6.07 Å². The van der Waals surface area contributed by atoms with Crippen LogP contribution in [0.3, 0.4) is 0 Å². The van der Waals surface area contributed by atoms with E-state index in [0.29, 0.717) is 24.3 Å². The molecule has 1 aliphatic heterocycles. The van der Waals surface area contributed by atoms with Crippen LogP contribution in [-0.2, 0) is 10.0 Å². The monoisotopic (exact) mass is 409 g/mol. The van der Waals surface area contributed by atoms with Gasteiger partial charge >= 0.3 is 0 Å². The summed E-state index contributed by atoms with van der Waals surface area (Å²) in [4.78, 5) is 14.3. The number of sulfonamides is 1. The number of nitrogens with one attached hydrogen (secondary N) is 1. The van der Waals surface area contributed by atoms with E-state index in [1.54, 1.807) is 47.4 Å². The van der Waals surface area contributed by atoms with Crippen LogP contribution in [0.25, 0.3) is 0 Å². The molecule has 27 heavy (non-hydrogen) atoms. The highest BCUT2D eigenvalue weighted by Gasteiger charge is 2.24. The average molecular weight is 410 g/mol. The van der Waals surface area contributed by atoms with Crippen molar-refractivity contribution in [2.45, 2.75) is 31.2 Å². The van der Waals surface area contributed by atoms with Gasteiger partial charge in [0.15, 0.2) is 0 Å². The Morgan fingerprint density at radius 1 is 1.11 bits per heavy atom. The number of nitrogens with two attached hydrogens (primary N) is 1. The molecule has 0 saturated carbocycles. The molecule has 1 saturated heterocycles. The lowest BCUT2D eigenvalue weighted by Crippen LogP contribution is -2.31. The van der Waals surface area contributed by atoms with Gasteiger partial charge in [0.2, 0.25) is 0 Å². The van der Waals surface area contributed by atoms with Gasteiger partial charge < -0.3 is 10.6 Å². The van der Waals surface area contributed by atoms with Crippen molar-refractivity contribution in [3.8, 4) is 0 Å². The standard InChI is InChI=1S/C19H23N3O3S.ClH/c1-13-3-8-18(11-14(13)2)26(24,25)21-17-6-4-15(5-7-17)19(23)22-10-9-16(20)12-22;/h3-8,11,16,21H,9-10,12,20H2,1-2H3;1H/t16-;/m1./s1. The van der Waals surface area contributed by atoms with Crippen LogP contribution in [0.4, 0.5) is 5.69 Å². The molecule has 0 radical (unpaired) electrons. The van der Waals surface area contributed by atoms with Gasteiger partial charge in [0, 0.05) is 30.4 Å². The fourth-order valence-corrected chi connectivity index (χ4v) is 4.07. The largest absolute Gasteiger partial charge is 0.337 e. The fraction of sp³-hybridized carbons (Fsp3) is 0.316. The Morgan fingerprint density at radius 2 is 1.78 bits per heavy atom. The summed E-state index contributed by atoms with van der Waals surface area (Å²) >= 11 is 0. The topological polar surface area (TPSA) is 92.5 Å². The maximum absolute atomic E-state index is 12.5. The van der Waals surface area contributed by atoms with Gasteiger partial charge in [-0.05, 0) is 67.8 Å². The molecule has 0 aromatic heterocycles. The first kappa shape index (κ1) is 21.2. The maximum atomic E-state index is 12.5. The summed E-state index contributed by atoms with van der Waals surface area (Å²) in [5.74, 6) is -0.0819. The average Bonchev–Trinajstić information content (AvgIpc) is 3.03. The smallest absolute Gasteiger partial charge is 0.261 e. The summed E-state index contributed by atoms with van der Waals surface area (Å²) in [7, 11) is -3.67. The van der Waals surface area contributed by atoms with E-state index in [9.17, 15) is 13.2 Å². The number of benzene rings is 2. The number of carbonyl (C=O) groups excluding carboxylic acids is 1. The first-order valence-corrected chi connectivity index (χ1v) is 9.99. The molecule has 2 aromatic rings. The lowest BCUT2D eigenvalue weighted by atomic mass is 10.1. The molecule has 0 bridgehead atoms. The van der Waals surface area contributed by atoms with Crippen molar-refractivity contribution in [2.24, 2.45) is 5.73 Å². The van der Waals surface area contributed by atoms with Gasteiger partial charge in [0.1, 0.15) is 0 Å². The highest BCUT2D eigenvalue weighted by atomic mass is 35.5. The minimum absolute atomic E-state index is 0. The van der Waals surface area contributed by atoms with Crippen LogP contribution < -0.4 is 10.5 Å². The lowest BCUT2D eigenvalue weighted by molar-refractivity contribution is 0.0791. The van der Waals surface area contributed by atoms with E-state index in [4.69, 9.17) is 5.73 Å². The predicted molar refractivity (Wildman–Crippen MR) is 109 cm³/mol. The maximum Gasteiger partial charge on any atom is 0.261 e. The number of carbonyl (C=O) groups is 1. The summed E-state index contributed by atoms with van der Waals surface area (Å²) < 4.78 is 27.6. The van der Waals surface area contributed by atoms with Crippen molar-refractivity contribution in [1.29, 1.82) is 0 Å². The molecule has 146 valence electrons. The summed E-state index contributed by atoms with van der Waals surface area (Å²) in [5, 5.41) is 0.